The van der Waals surface area contributed by atoms with E-state index in [1.807, 2.05) is 0 Å². The highest BCUT2D eigenvalue weighted by molar-refractivity contribution is 4.94. The molecule has 0 bridgehead atoms. The Hall–Kier alpha value is -0.260. The standard InChI is InChI=1S/C13H24/c1-5-11(2)8-6-7-9-12-10-13(12,3)4/h5,11-12H,1,6-10H2,2-4H3. The Morgan fingerprint density at radius 1 is 1.46 bits per heavy atom. The summed E-state index contributed by atoms with van der Waals surface area (Å²) in [5, 5.41) is 0. The second kappa shape index (κ2) is 4.30. The van der Waals surface area contributed by atoms with Crippen LogP contribution < -0.4 is 0 Å². The van der Waals surface area contributed by atoms with Gasteiger partial charge in [0.1, 0.15) is 0 Å². The second-order valence-corrected chi connectivity index (χ2v) is 5.39. The van der Waals surface area contributed by atoms with Crippen molar-refractivity contribution in [1.82, 2.24) is 0 Å². The fourth-order valence-corrected chi connectivity index (χ4v) is 2.04. The van der Waals surface area contributed by atoms with Gasteiger partial charge in [-0.15, -0.1) is 6.58 Å². The summed E-state index contributed by atoms with van der Waals surface area (Å²) >= 11 is 0. The largest absolute Gasteiger partial charge is 0.103 e. The average molecular weight is 180 g/mol. The molecule has 1 aliphatic rings. The smallest absolute Gasteiger partial charge is 0.0265 e. The SMILES string of the molecule is C=CC(C)CCCCC1CC1(C)C. The minimum absolute atomic E-state index is 0.685. The van der Waals surface area contributed by atoms with Crippen molar-refractivity contribution in [2.24, 2.45) is 17.3 Å². The topological polar surface area (TPSA) is 0 Å². The Morgan fingerprint density at radius 3 is 2.54 bits per heavy atom. The number of hydrogen-bond donors (Lipinski definition) is 0. The maximum Gasteiger partial charge on any atom is -0.0265 e. The van der Waals surface area contributed by atoms with E-state index in [-0.39, 0.29) is 0 Å². The molecule has 0 heterocycles. The zero-order valence-corrected chi connectivity index (χ0v) is 9.47. The van der Waals surface area contributed by atoms with Crippen molar-refractivity contribution < 1.29 is 0 Å². The molecule has 1 rings (SSSR count). The number of hydrogen-bond acceptors (Lipinski definition) is 0. The molecule has 76 valence electrons. The molecule has 2 unspecified atom stereocenters. The van der Waals surface area contributed by atoms with E-state index in [1.54, 1.807) is 0 Å². The highest BCUT2D eigenvalue weighted by Crippen LogP contribution is 2.54. The van der Waals surface area contributed by atoms with Crippen LogP contribution in [-0.2, 0) is 0 Å². The monoisotopic (exact) mass is 180 g/mol. The summed E-state index contributed by atoms with van der Waals surface area (Å²) in [6, 6.07) is 0. The van der Waals surface area contributed by atoms with Crippen LogP contribution >= 0.6 is 0 Å². The van der Waals surface area contributed by atoms with Gasteiger partial charge in [-0.1, -0.05) is 39.7 Å². The average Bonchev–Trinajstić information content (AvgIpc) is 2.67. The summed E-state index contributed by atoms with van der Waals surface area (Å²) in [5.74, 6) is 1.75. The second-order valence-electron chi connectivity index (χ2n) is 5.39. The van der Waals surface area contributed by atoms with Gasteiger partial charge in [0.15, 0.2) is 0 Å². The first-order chi connectivity index (χ1) is 6.06. The van der Waals surface area contributed by atoms with Crippen molar-refractivity contribution in [1.29, 1.82) is 0 Å². The molecule has 1 saturated carbocycles. The van der Waals surface area contributed by atoms with Gasteiger partial charge in [-0.2, -0.15) is 0 Å². The lowest BCUT2D eigenvalue weighted by Gasteiger charge is -2.06. The van der Waals surface area contributed by atoms with Crippen molar-refractivity contribution in [3.8, 4) is 0 Å². The molecule has 0 heteroatoms. The minimum Gasteiger partial charge on any atom is -0.103 e. The van der Waals surface area contributed by atoms with Crippen molar-refractivity contribution in [2.45, 2.75) is 52.9 Å². The Balaban J connectivity index is 1.94. The molecule has 13 heavy (non-hydrogen) atoms. The Kier molecular flexibility index (Phi) is 3.58. The van der Waals surface area contributed by atoms with Crippen LogP contribution in [-0.4, -0.2) is 0 Å². The van der Waals surface area contributed by atoms with Crippen molar-refractivity contribution in [2.75, 3.05) is 0 Å². The summed E-state index contributed by atoms with van der Waals surface area (Å²) in [6.45, 7) is 10.9. The third-order valence-electron chi connectivity index (χ3n) is 3.58. The molecule has 0 aromatic rings. The molecule has 2 atom stereocenters. The van der Waals surface area contributed by atoms with E-state index < -0.39 is 0 Å². The fourth-order valence-electron chi connectivity index (χ4n) is 2.04. The van der Waals surface area contributed by atoms with Gasteiger partial charge in [0.2, 0.25) is 0 Å². The van der Waals surface area contributed by atoms with Crippen molar-refractivity contribution in [3.63, 3.8) is 0 Å². The maximum atomic E-state index is 3.81. The summed E-state index contributed by atoms with van der Waals surface area (Å²) in [6.07, 6.45) is 9.13. The van der Waals surface area contributed by atoms with Crippen LogP contribution in [0, 0.1) is 17.3 Å². The molecular formula is C13H24. The molecule has 0 aromatic heterocycles. The van der Waals surface area contributed by atoms with Crippen molar-refractivity contribution >= 4 is 0 Å². The van der Waals surface area contributed by atoms with E-state index >= 15 is 0 Å². The lowest BCUT2D eigenvalue weighted by atomic mass is 10.0. The van der Waals surface area contributed by atoms with Gasteiger partial charge in [-0.05, 0) is 36.5 Å². The first kappa shape index (κ1) is 10.8. The van der Waals surface area contributed by atoms with E-state index in [1.165, 1.54) is 32.1 Å². The van der Waals surface area contributed by atoms with Crippen LogP contribution in [0.1, 0.15) is 52.9 Å². The maximum absolute atomic E-state index is 3.81. The van der Waals surface area contributed by atoms with Crippen LogP contribution in [0.5, 0.6) is 0 Å². The van der Waals surface area contributed by atoms with Gasteiger partial charge in [-0.3, -0.25) is 0 Å². The molecule has 0 nitrogen and oxygen atoms in total. The summed E-state index contributed by atoms with van der Waals surface area (Å²) in [4.78, 5) is 0. The number of allylic oxidation sites excluding steroid dienone is 1. The Morgan fingerprint density at radius 2 is 2.08 bits per heavy atom. The van der Waals surface area contributed by atoms with E-state index in [0.29, 0.717) is 11.3 Å². The fraction of sp³-hybridized carbons (Fsp3) is 0.846. The van der Waals surface area contributed by atoms with Crippen LogP contribution in [0.3, 0.4) is 0 Å². The molecule has 1 aliphatic carbocycles. The van der Waals surface area contributed by atoms with E-state index in [0.717, 1.165) is 5.92 Å². The molecule has 0 aromatic carbocycles. The third kappa shape index (κ3) is 3.54. The summed E-state index contributed by atoms with van der Waals surface area (Å²) in [7, 11) is 0. The number of unbranched alkanes of at least 4 members (excludes halogenated alkanes) is 1. The molecule has 0 aliphatic heterocycles. The van der Waals surface area contributed by atoms with Crippen LogP contribution in [0.25, 0.3) is 0 Å². The molecule has 0 radical (unpaired) electrons. The third-order valence-corrected chi connectivity index (χ3v) is 3.58. The van der Waals surface area contributed by atoms with E-state index in [4.69, 9.17) is 0 Å². The quantitative estimate of drug-likeness (QED) is 0.419. The normalized spacial score (nSPS) is 26.8. The van der Waals surface area contributed by atoms with Crippen LogP contribution in [0.4, 0.5) is 0 Å². The van der Waals surface area contributed by atoms with Gasteiger partial charge >= 0.3 is 0 Å². The number of rotatable bonds is 6. The van der Waals surface area contributed by atoms with Gasteiger partial charge in [0.25, 0.3) is 0 Å². The lowest BCUT2D eigenvalue weighted by Crippen LogP contribution is -1.92. The summed E-state index contributed by atoms with van der Waals surface area (Å²) in [5.41, 5.74) is 0.685. The van der Waals surface area contributed by atoms with Gasteiger partial charge in [-0.25, -0.2) is 0 Å². The Bertz CT molecular complexity index is 167. The van der Waals surface area contributed by atoms with E-state index in [2.05, 4.69) is 33.4 Å². The molecule has 0 saturated heterocycles. The predicted octanol–water partition coefficient (Wildman–Crippen LogP) is 4.42. The van der Waals surface area contributed by atoms with Gasteiger partial charge in [0.05, 0.1) is 0 Å². The highest BCUT2D eigenvalue weighted by Gasteiger charge is 2.44. The van der Waals surface area contributed by atoms with Crippen LogP contribution in [0.2, 0.25) is 0 Å². The van der Waals surface area contributed by atoms with Crippen LogP contribution in [0.15, 0.2) is 12.7 Å². The first-order valence-corrected chi connectivity index (χ1v) is 5.69. The molecule has 0 amide bonds. The molecule has 0 spiro atoms. The van der Waals surface area contributed by atoms with E-state index in [9.17, 15) is 0 Å². The van der Waals surface area contributed by atoms with Gasteiger partial charge in [0, 0.05) is 0 Å². The van der Waals surface area contributed by atoms with Gasteiger partial charge < -0.3 is 0 Å². The highest BCUT2D eigenvalue weighted by atomic mass is 14.5. The Labute approximate surface area is 83.4 Å². The summed E-state index contributed by atoms with van der Waals surface area (Å²) < 4.78 is 0. The first-order valence-electron chi connectivity index (χ1n) is 5.69. The molecule has 1 fully saturated rings. The zero-order valence-electron chi connectivity index (χ0n) is 9.47. The molecular weight excluding hydrogens is 156 g/mol. The zero-order chi connectivity index (χ0) is 9.90. The predicted molar refractivity (Wildman–Crippen MR) is 59.7 cm³/mol. The van der Waals surface area contributed by atoms with Crippen molar-refractivity contribution in [3.05, 3.63) is 12.7 Å². The minimum atomic E-state index is 0.685. The lowest BCUT2D eigenvalue weighted by molar-refractivity contribution is 0.489. The molecule has 0 N–H and O–H groups in total.